The molecule has 0 saturated heterocycles. The lowest BCUT2D eigenvalue weighted by molar-refractivity contribution is -0.152. The number of amides is 5. The van der Waals surface area contributed by atoms with Crippen LogP contribution in [0.1, 0.15) is 57.5 Å². The minimum Gasteiger partial charge on any atom is -0.480 e. The fourth-order valence-corrected chi connectivity index (χ4v) is 6.45. The third-order valence-electron chi connectivity index (χ3n) is 9.11. The number of aliphatic hydroxyl groups is 1. The molecule has 1 aliphatic rings. The highest BCUT2D eigenvalue weighted by atomic mass is 19.1. The van der Waals surface area contributed by atoms with E-state index in [1.54, 1.807) is 25.3 Å². The fourth-order valence-electron chi connectivity index (χ4n) is 6.45. The van der Waals surface area contributed by atoms with Gasteiger partial charge in [-0.15, -0.1) is 0 Å². The van der Waals surface area contributed by atoms with Crippen LogP contribution in [0, 0.1) is 17.0 Å². The number of aromatic nitrogens is 2. The van der Waals surface area contributed by atoms with Crippen molar-refractivity contribution in [2.75, 3.05) is 26.2 Å². The van der Waals surface area contributed by atoms with Crippen molar-refractivity contribution in [1.82, 2.24) is 24.3 Å². The van der Waals surface area contributed by atoms with Crippen molar-refractivity contribution in [1.29, 1.82) is 0 Å². The second-order valence-corrected chi connectivity index (χ2v) is 14.2. The maximum atomic E-state index is 15.1. The summed E-state index contributed by atoms with van der Waals surface area (Å²) in [6.45, 7) is 3.59. The number of rotatable bonds is 18. The van der Waals surface area contributed by atoms with Crippen molar-refractivity contribution in [2.24, 2.45) is 16.9 Å². The monoisotopic (exact) mass is 765 g/mol. The summed E-state index contributed by atoms with van der Waals surface area (Å²) in [7, 11) is 0. The number of halogens is 2. The Morgan fingerprint density at radius 1 is 0.945 bits per heavy atom. The maximum absolute atomic E-state index is 15.1. The second kappa shape index (κ2) is 18.0. The number of carbonyl (C=O) groups excluding carboxylic acids is 5. The summed E-state index contributed by atoms with van der Waals surface area (Å²) in [4.78, 5) is 83.6. The summed E-state index contributed by atoms with van der Waals surface area (Å²) in [5.41, 5.74) is 11.6. The van der Waals surface area contributed by atoms with Gasteiger partial charge in [-0.25, -0.2) is 18.6 Å². The van der Waals surface area contributed by atoms with Gasteiger partial charge in [-0.1, -0.05) is 51.1 Å². The highest BCUT2D eigenvalue weighted by Gasteiger charge is 2.40. The molecule has 55 heavy (non-hydrogen) atoms. The predicted octanol–water partition coefficient (Wildman–Crippen LogP) is 1.97. The van der Waals surface area contributed by atoms with E-state index >= 15 is 4.39 Å². The van der Waals surface area contributed by atoms with Crippen LogP contribution < -0.4 is 11.5 Å². The highest BCUT2D eigenvalue weighted by molar-refractivity contribution is 6.12. The van der Waals surface area contributed by atoms with Gasteiger partial charge in [-0.05, 0) is 42.0 Å². The Balaban J connectivity index is 1.71. The van der Waals surface area contributed by atoms with Crippen molar-refractivity contribution in [3.63, 3.8) is 0 Å². The number of benzene rings is 2. The fraction of sp³-hybridized carbons (Fsp3) is 0.395. The molecule has 2 aromatic carbocycles. The lowest BCUT2D eigenvalue weighted by Gasteiger charge is -2.40. The van der Waals surface area contributed by atoms with Crippen molar-refractivity contribution < 1.29 is 47.8 Å². The first kappa shape index (κ1) is 41.9. The van der Waals surface area contributed by atoms with Crippen LogP contribution in [0.5, 0.6) is 0 Å². The zero-order chi connectivity index (χ0) is 40.6. The molecule has 6 N–H and O–H groups in total. The first-order valence-electron chi connectivity index (χ1n) is 17.5. The number of imidazole rings is 1. The van der Waals surface area contributed by atoms with Crippen LogP contribution >= 0.6 is 0 Å². The maximum Gasteiger partial charge on any atom is 0.326 e. The van der Waals surface area contributed by atoms with Crippen LogP contribution in [-0.4, -0.2) is 108 Å². The summed E-state index contributed by atoms with van der Waals surface area (Å²) < 4.78 is 31.1. The molecule has 1 aliphatic heterocycles. The molecule has 0 fully saturated rings. The molecule has 17 heteroatoms. The highest BCUT2D eigenvalue weighted by Crippen LogP contribution is 2.39. The number of nitrogens with two attached hydrogens (primary N) is 2. The lowest BCUT2D eigenvalue weighted by Crippen LogP contribution is -2.55. The molecule has 294 valence electrons. The van der Waals surface area contributed by atoms with Gasteiger partial charge in [0.2, 0.25) is 17.7 Å². The third-order valence-corrected chi connectivity index (χ3v) is 9.11. The van der Waals surface area contributed by atoms with Gasteiger partial charge in [-0.3, -0.25) is 28.9 Å². The summed E-state index contributed by atoms with van der Waals surface area (Å²) >= 11 is 0. The van der Waals surface area contributed by atoms with E-state index in [-0.39, 0.29) is 49.6 Å². The molecule has 0 spiro atoms. The molecule has 5 amide bonds. The van der Waals surface area contributed by atoms with Gasteiger partial charge in [0.15, 0.2) is 0 Å². The summed E-state index contributed by atoms with van der Waals surface area (Å²) in [6, 6.07) is 8.11. The van der Waals surface area contributed by atoms with E-state index in [2.05, 4.69) is 0 Å². The van der Waals surface area contributed by atoms with Crippen LogP contribution in [0.4, 0.5) is 8.78 Å². The van der Waals surface area contributed by atoms with Crippen molar-refractivity contribution in [3.8, 4) is 11.3 Å². The Morgan fingerprint density at radius 3 is 2.18 bits per heavy atom. The van der Waals surface area contributed by atoms with E-state index in [1.165, 1.54) is 11.1 Å². The number of carbonyl (C=O) groups is 6. The number of aliphatic carboxylic acids is 1. The Hall–Kier alpha value is -5.81. The Labute approximate surface area is 316 Å². The van der Waals surface area contributed by atoms with Gasteiger partial charge in [-0.2, -0.15) is 0 Å². The minimum absolute atomic E-state index is 0.0805. The second-order valence-electron chi connectivity index (χ2n) is 14.2. The molecule has 0 saturated carbocycles. The van der Waals surface area contributed by atoms with Crippen LogP contribution in [0.25, 0.3) is 11.3 Å². The van der Waals surface area contributed by atoms with Gasteiger partial charge >= 0.3 is 5.97 Å². The number of imide groups is 1. The normalized spacial score (nSPS) is 14.5. The summed E-state index contributed by atoms with van der Waals surface area (Å²) in [5, 5.41) is 20.2. The van der Waals surface area contributed by atoms with Crippen LogP contribution in [0.15, 0.2) is 66.9 Å². The molecular weight excluding hydrogens is 720 g/mol. The molecule has 2 heterocycles. The zero-order valence-corrected chi connectivity index (χ0v) is 30.7. The predicted molar refractivity (Wildman–Crippen MR) is 194 cm³/mol. The van der Waals surface area contributed by atoms with Crippen molar-refractivity contribution in [2.45, 2.75) is 64.7 Å². The number of carboxylic acids is 1. The van der Waals surface area contributed by atoms with Crippen LogP contribution in [0.3, 0.4) is 0 Å². The number of primary amides is 1. The lowest BCUT2D eigenvalue weighted by atomic mass is 9.84. The molecule has 15 nitrogen and oxygen atoms in total. The van der Waals surface area contributed by atoms with E-state index < -0.39 is 90.3 Å². The SMILES string of the molecule is CC(C)(C)[C@H](c1nc(-c2cc(F)ccc2F)cn1Cc1ccccc1)N(CC[C@H](N)C(=O)N(CCN1C(=O)C=CC1=O)[C@@H](CCC(N)=O)C(=O)O)C(=O)CO. The number of carboxylic acid groups (broad SMARTS) is 1. The molecule has 0 bridgehead atoms. The number of nitrogens with zero attached hydrogens (tertiary/aromatic N) is 5. The largest absolute Gasteiger partial charge is 0.480 e. The molecule has 3 atom stereocenters. The van der Waals surface area contributed by atoms with E-state index in [0.717, 1.165) is 45.7 Å². The van der Waals surface area contributed by atoms with Gasteiger partial charge < -0.3 is 36.0 Å². The van der Waals surface area contributed by atoms with E-state index in [1.807, 2.05) is 30.3 Å². The molecular formula is C38H45F2N7O8. The number of hydrogen-bond acceptors (Lipinski definition) is 9. The molecule has 0 unspecified atom stereocenters. The molecule has 0 aliphatic carbocycles. The Kier molecular flexibility index (Phi) is 13.7. The standard InChI is InChI=1S/C38H45F2N7O8/c1-38(2,3)34(35-43-28(25-19-24(39)9-10-26(25)40)21-44(35)20-23-7-5-4-6-8-23)47(33(52)22-48)16-15-27(41)36(53)45(29(37(54)55)11-12-30(42)49)17-18-46-31(50)13-14-32(46)51/h4-10,13-14,19,21,27,29,34,48H,11-12,15-18,20,22,41H2,1-3H3,(H2,42,49)(H,54,55)/t27-,29-,34-/m0/s1. The molecule has 3 aromatic rings. The Morgan fingerprint density at radius 2 is 1.60 bits per heavy atom. The van der Waals surface area contributed by atoms with Crippen molar-refractivity contribution in [3.05, 3.63) is 89.9 Å². The van der Waals surface area contributed by atoms with Crippen LogP contribution in [-0.2, 0) is 35.3 Å². The third kappa shape index (κ3) is 10.5. The zero-order valence-electron chi connectivity index (χ0n) is 30.7. The number of aliphatic hydroxyl groups excluding tert-OH is 1. The van der Waals surface area contributed by atoms with Crippen LogP contribution in [0.2, 0.25) is 0 Å². The smallest absolute Gasteiger partial charge is 0.326 e. The minimum atomic E-state index is -1.61. The molecule has 0 radical (unpaired) electrons. The van der Waals surface area contributed by atoms with E-state index in [0.29, 0.717) is 0 Å². The Bertz CT molecular complexity index is 1930. The first-order chi connectivity index (χ1) is 25.9. The van der Waals surface area contributed by atoms with Crippen molar-refractivity contribution >= 4 is 35.5 Å². The van der Waals surface area contributed by atoms with E-state index in [9.17, 15) is 43.4 Å². The van der Waals surface area contributed by atoms with Gasteiger partial charge in [0.05, 0.1) is 17.8 Å². The number of hydrogen-bond donors (Lipinski definition) is 4. The van der Waals surface area contributed by atoms with Gasteiger partial charge in [0.1, 0.15) is 30.1 Å². The quantitative estimate of drug-likeness (QED) is 0.138. The van der Waals surface area contributed by atoms with Gasteiger partial charge in [0.25, 0.3) is 11.8 Å². The average Bonchev–Trinajstić information content (AvgIpc) is 3.68. The average molecular weight is 766 g/mol. The van der Waals surface area contributed by atoms with Gasteiger partial charge in [0, 0.05) is 56.5 Å². The first-order valence-corrected chi connectivity index (χ1v) is 17.5. The summed E-state index contributed by atoms with van der Waals surface area (Å²) in [5.74, 6) is -6.48. The molecule has 4 rings (SSSR count). The topological polar surface area (TPSA) is 222 Å². The molecule has 1 aromatic heterocycles. The van der Waals surface area contributed by atoms with E-state index in [4.69, 9.17) is 16.5 Å². The summed E-state index contributed by atoms with van der Waals surface area (Å²) in [6.07, 6.45) is 2.54.